The zero-order valence-corrected chi connectivity index (χ0v) is 12.9. The number of aliphatic hydroxyl groups excluding tert-OH is 1. The molecule has 1 aromatic carbocycles. The van der Waals surface area contributed by atoms with Crippen LogP contribution in [-0.4, -0.2) is 29.6 Å². The summed E-state index contributed by atoms with van der Waals surface area (Å²) in [5.41, 5.74) is 2.17. The van der Waals surface area contributed by atoms with Crippen molar-refractivity contribution in [3.8, 4) is 0 Å². The van der Waals surface area contributed by atoms with E-state index in [1.807, 2.05) is 30.5 Å². The van der Waals surface area contributed by atoms with Crippen molar-refractivity contribution in [3.05, 3.63) is 35.4 Å². The Bertz CT molecular complexity index is 409. The summed E-state index contributed by atoms with van der Waals surface area (Å²) in [7, 11) is 0. The second-order valence-corrected chi connectivity index (χ2v) is 6.49. The van der Waals surface area contributed by atoms with Crippen molar-refractivity contribution in [2.45, 2.75) is 32.3 Å². The lowest BCUT2D eigenvalue weighted by molar-refractivity contribution is -0.119. The van der Waals surface area contributed by atoms with Gasteiger partial charge in [-0.2, -0.15) is 11.8 Å². The third-order valence-corrected chi connectivity index (χ3v) is 3.48. The van der Waals surface area contributed by atoms with E-state index in [0.29, 0.717) is 5.75 Å². The molecule has 4 heteroatoms. The standard InChI is InChI=1S/C15H23NO2S/c1-15(2,3)12-7-5-11(6-8-12)13(17)9-16-14(18)10-19-4/h5-8,13,17H,9-10H2,1-4H3,(H,16,18)/t13-/m1/s1. The maximum absolute atomic E-state index is 11.3. The number of nitrogens with one attached hydrogen (secondary N) is 1. The Morgan fingerprint density at radius 2 is 1.89 bits per heavy atom. The van der Waals surface area contributed by atoms with Crippen LogP contribution in [-0.2, 0) is 10.2 Å². The fraction of sp³-hybridized carbons (Fsp3) is 0.533. The van der Waals surface area contributed by atoms with E-state index in [1.165, 1.54) is 17.3 Å². The predicted octanol–water partition coefficient (Wildman–Crippen LogP) is 2.50. The molecule has 0 aliphatic heterocycles. The lowest BCUT2D eigenvalue weighted by Gasteiger charge is -2.20. The first-order valence-corrected chi connectivity index (χ1v) is 7.78. The average molecular weight is 281 g/mol. The topological polar surface area (TPSA) is 49.3 Å². The van der Waals surface area contributed by atoms with E-state index < -0.39 is 6.10 Å². The molecule has 0 aliphatic carbocycles. The van der Waals surface area contributed by atoms with Gasteiger partial charge in [-0.25, -0.2) is 0 Å². The van der Waals surface area contributed by atoms with Gasteiger partial charge in [0.25, 0.3) is 0 Å². The zero-order valence-electron chi connectivity index (χ0n) is 12.1. The SMILES string of the molecule is CSCC(=O)NC[C@@H](O)c1ccc(C(C)(C)C)cc1. The fourth-order valence-corrected chi connectivity index (χ4v) is 2.08. The van der Waals surface area contributed by atoms with E-state index >= 15 is 0 Å². The van der Waals surface area contributed by atoms with Gasteiger partial charge in [-0.1, -0.05) is 45.0 Å². The van der Waals surface area contributed by atoms with Crippen LogP contribution in [0.15, 0.2) is 24.3 Å². The lowest BCUT2D eigenvalue weighted by atomic mass is 9.86. The molecule has 0 heterocycles. The number of amides is 1. The van der Waals surface area contributed by atoms with Crippen molar-refractivity contribution in [2.75, 3.05) is 18.6 Å². The third kappa shape index (κ3) is 5.25. The Labute approximate surface area is 119 Å². The maximum Gasteiger partial charge on any atom is 0.230 e. The van der Waals surface area contributed by atoms with Crippen LogP contribution >= 0.6 is 11.8 Å². The Balaban J connectivity index is 2.58. The second-order valence-electron chi connectivity index (χ2n) is 5.62. The highest BCUT2D eigenvalue weighted by Gasteiger charge is 2.14. The first kappa shape index (κ1) is 16.1. The molecule has 1 atom stereocenters. The highest BCUT2D eigenvalue weighted by atomic mass is 32.2. The Morgan fingerprint density at radius 1 is 1.32 bits per heavy atom. The van der Waals surface area contributed by atoms with Crippen molar-refractivity contribution in [1.29, 1.82) is 0 Å². The molecule has 0 fully saturated rings. The molecule has 2 N–H and O–H groups in total. The summed E-state index contributed by atoms with van der Waals surface area (Å²) in [6.07, 6.45) is 1.22. The van der Waals surface area contributed by atoms with Crippen molar-refractivity contribution < 1.29 is 9.90 Å². The molecule has 3 nitrogen and oxygen atoms in total. The van der Waals surface area contributed by atoms with Crippen LogP contribution in [0.25, 0.3) is 0 Å². The number of carbonyl (C=O) groups excluding carboxylic acids is 1. The molecule has 0 unspecified atom stereocenters. The van der Waals surface area contributed by atoms with Crippen LogP contribution in [0.2, 0.25) is 0 Å². The molecule has 0 saturated carbocycles. The van der Waals surface area contributed by atoms with E-state index in [4.69, 9.17) is 0 Å². The van der Waals surface area contributed by atoms with E-state index in [1.54, 1.807) is 0 Å². The second kappa shape index (κ2) is 6.96. The molecule has 1 amide bonds. The summed E-state index contributed by atoms with van der Waals surface area (Å²) in [5, 5.41) is 12.7. The normalized spacial score (nSPS) is 13.1. The zero-order chi connectivity index (χ0) is 14.5. The molecule has 0 radical (unpaired) electrons. The summed E-state index contributed by atoms with van der Waals surface area (Å²) < 4.78 is 0. The molecule has 106 valence electrons. The number of hydrogen-bond donors (Lipinski definition) is 2. The molecular weight excluding hydrogens is 258 g/mol. The molecule has 0 bridgehead atoms. The molecule has 1 rings (SSSR count). The Morgan fingerprint density at radius 3 is 2.37 bits per heavy atom. The van der Waals surface area contributed by atoms with Gasteiger partial charge in [0, 0.05) is 6.54 Å². The summed E-state index contributed by atoms with van der Waals surface area (Å²) in [4.78, 5) is 11.3. The summed E-state index contributed by atoms with van der Waals surface area (Å²) in [6.45, 7) is 6.72. The van der Waals surface area contributed by atoms with Gasteiger partial charge in [-0.15, -0.1) is 0 Å². The van der Waals surface area contributed by atoms with E-state index in [9.17, 15) is 9.90 Å². The van der Waals surface area contributed by atoms with Crippen LogP contribution in [0.1, 0.15) is 38.0 Å². The summed E-state index contributed by atoms with van der Waals surface area (Å²) in [5.74, 6) is 0.383. The molecule has 19 heavy (non-hydrogen) atoms. The number of carbonyl (C=O) groups is 1. The largest absolute Gasteiger partial charge is 0.387 e. The molecule has 1 aromatic rings. The highest BCUT2D eigenvalue weighted by molar-refractivity contribution is 7.99. The highest BCUT2D eigenvalue weighted by Crippen LogP contribution is 2.23. The van der Waals surface area contributed by atoms with Crippen LogP contribution in [0.4, 0.5) is 0 Å². The minimum atomic E-state index is -0.653. The summed E-state index contributed by atoms with van der Waals surface area (Å²) in [6, 6.07) is 7.91. The van der Waals surface area contributed by atoms with Gasteiger partial charge in [0.05, 0.1) is 11.9 Å². The predicted molar refractivity (Wildman–Crippen MR) is 81.5 cm³/mol. The van der Waals surface area contributed by atoms with Crippen LogP contribution < -0.4 is 5.32 Å². The third-order valence-electron chi connectivity index (χ3n) is 2.93. The van der Waals surface area contributed by atoms with Crippen LogP contribution in [0.5, 0.6) is 0 Å². The number of hydrogen-bond acceptors (Lipinski definition) is 3. The summed E-state index contributed by atoms with van der Waals surface area (Å²) >= 11 is 1.47. The minimum Gasteiger partial charge on any atom is -0.387 e. The fourth-order valence-electron chi connectivity index (χ4n) is 1.72. The quantitative estimate of drug-likeness (QED) is 0.872. The Hall–Kier alpha value is -1.00. The maximum atomic E-state index is 11.3. The molecule has 0 spiro atoms. The Kier molecular flexibility index (Phi) is 5.88. The number of rotatable bonds is 5. The van der Waals surface area contributed by atoms with Gasteiger partial charge in [0.1, 0.15) is 0 Å². The number of thioether (sulfide) groups is 1. The van der Waals surface area contributed by atoms with Gasteiger partial charge < -0.3 is 10.4 Å². The van der Waals surface area contributed by atoms with E-state index in [-0.39, 0.29) is 17.9 Å². The lowest BCUT2D eigenvalue weighted by Crippen LogP contribution is -2.29. The van der Waals surface area contributed by atoms with Crippen LogP contribution in [0, 0.1) is 0 Å². The first-order valence-electron chi connectivity index (χ1n) is 6.38. The van der Waals surface area contributed by atoms with Gasteiger partial charge in [0.2, 0.25) is 5.91 Å². The van der Waals surface area contributed by atoms with E-state index in [2.05, 4.69) is 26.1 Å². The van der Waals surface area contributed by atoms with E-state index in [0.717, 1.165) is 5.56 Å². The van der Waals surface area contributed by atoms with Crippen molar-refractivity contribution in [1.82, 2.24) is 5.32 Å². The smallest absolute Gasteiger partial charge is 0.230 e. The van der Waals surface area contributed by atoms with Gasteiger partial charge >= 0.3 is 0 Å². The van der Waals surface area contributed by atoms with Gasteiger partial charge in [-0.3, -0.25) is 4.79 Å². The van der Waals surface area contributed by atoms with Crippen molar-refractivity contribution in [3.63, 3.8) is 0 Å². The first-order chi connectivity index (χ1) is 8.84. The average Bonchev–Trinajstić information content (AvgIpc) is 2.35. The van der Waals surface area contributed by atoms with Crippen molar-refractivity contribution >= 4 is 17.7 Å². The monoisotopic (exact) mass is 281 g/mol. The van der Waals surface area contributed by atoms with Gasteiger partial charge in [-0.05, 0) is 22.8 Å². The number of benzene rings is 1. The number of aliphatic hydroxyl groups is 1. The van der Waals surface area contributed by atoms with Crippen LogP contribution in [0.3, 0.4) is 0 Å². The van der Waals surface area contributed by atoms with Crippen molar-refractivity contribution in [2.24, 2.45) is 0 Å². The minimum absolute atomic E-state index is 0.0436. The molecule has 0 saturated heterocycles. The molecule has 0 aromatic heterocycles. The molecular formula is C15H23NO2S. The molecule has 0 aliphatic rings. The van der Waals surface area contributed by atoms with Gasteiger partial charge in [0.15, 0.2) is 0 Å².